The van der Waals surface area contributed by atoms with E-state index >= 15 is 0 Å². The highest BCUT2D eigenvalue weighted by Gasteiger charge is 2.16. The molecule has 0 saturated heterocycles. The van der Waals surface area contributed by atoms with Crippen LogP contribution in [0.4, 0.5) is 4.39 Å². The van der Waals surface area contributed by atoms with E-state index in [2.05, 4.69) is 31.9 Å². The van der Waals surface area contributed by atoms with E-state index in [9.17, 15) is 9.50 Å². The van der Waals surface area contributed by atoms with Gasteiger partial charge in [0.05, 0.1) is 0 Å². The fourth-order valence-electron chi connectivity index (χ4n) is 1.59. The molecule has 2 aromatic rings. The maximum atomic E-state index is 13.6. The third-order valence-corrected chi connectivity index (χ3v) is 3.64. The summed E-state index contributed by atoms with van der Waals surface area (Å²) < 4.78 is 15.2. The molecule has 0 bridgehead atoms. The van der Waals surface area contributed by atoms with E-state index in [0.29, 0.717) is 5.56 Å². The predicted molar refractivity (Wildman–Crippen MR) is 72.3 cm³/mol. The second kappa shape index (κ2) is 5.29. The van der Waals surface area contributed by atoms with Gasteiger partial charge in [0.15, 0.2) is 0 Å². The summed E-state index contributed by atoms with van der Waals surface area (Å²) in [5.41, 5.74) is 0.911. The van der Waals surface area contributed by atoms with E-state index in [0.717, 1.165) is 8.95 Å². The molecular formula is C13H9Br2FO. The zero-order chi connectivity index (χ0) is 12.4. The summed E-state index contributed by atoms with van der Waals surface area (Å²) in [6.45, 7) is 0. The van der Waals surface area contributed by atoms with Crippen LogP contribution in [-0.4, -0.2) is 5.11 Å². The van der Waals surface area contributed by atoms with Gasteiger partial charge in [0, 0.05) is 14.5 Å². The molecule has 1 atom stereocenters. The molecule has 0 aliphatic carbocycles. The van der Waals surface area contributed by atoms with E-state index in [-0.39, 0.29) is 5.56 Å². The van der Waals surface area contributed by atoms with E-state index in [1.54, 1.807) is 24.3 Å². The Bertz CT molecular complexity index is 543. The lowest BCUT2D eigenvalue weighted by atomic mass is 10.0. The fourth-order valence-corrected chi connectivity index (χ4v) is 2.85. The minimum atomic E-state index is -0.973. The molecule has 0 amide bonds. The standard InChI is InChI=1S/C13H9Br2FO/c14-8-5-6-9(11(15)7-8)13(17)10-3-1-2-4-12(10)16/h1-7,13,17H. The minimum absolute atomic E-state index is 0.274. The van der Waals surface area contributed by atoms with Gasteiger partial charge in [0.1, 0.15) is 11.9 Å². The normalized spacial score (nSPS) is 12.5. The van der Waals surface area contributed by atoms with Gasteiger partial charge in [-0.15, -0.1) is 0 Å². The minimum Gasteiger partial charge on any atom is -0.384 e. The van der Waals surface area contributed by atoms with Gasteiger partial charge >= 0.3 is 0 Å². The van der Waals surface area contributed by atoms with Gasteiger partial charge in [0.2, 0.25) is 0 Å². The van der Waals surface area contributed by atoms with Gasteiger partial charge in [-0.05, 0) is 23.8 Å². The van der Waals surface area contributed by atoms with Crippen molar-refractivity contribution in [3.8, 4) is 0 Å². The highest BCUT2D eigenvalue weighted by molar-refractivity contribution is 9.11. The topological polar surface area (TPSA) is 20.2 Å². The van der Waals surface area contributed by atoms with Crippen LogP contribution in [0.1, 0.15) is 17.2 Å². The Morgan fingerprint density at radius 1 is 1.00 bits per heavy atom. The molecule has 0 aliphatic heterocycles. The van der Waals surface area contributed by atoms with Crippen molar-refractivity contribution in [2.45, 2.75) is 6.10 Å². The van der Waals surface area contributed by atoms with Crippen LogP contribution in [0.3, 0.4) is 0 Å². The van der Waals surface area contributed by atoms with E-state index in [1.807, 2.05) is 12.1 Å². The smallest absolute Gasteiger partial charge is 0.129 e. The van der Waals surface area contributed by atoms with Crippen LogP contribution in [0.5, 0.6) is 0 Å². The molecule has 0 aliphatic rings. The average Bonchev–Trinajstić information content (AvgIpc) is 2.29. The average molecular weight is 360 g/mol. The first kappa shape index (κ1) is 12.7. The molecule has 1 nitrogen and oxygen atoms in total. The summed E-state index contributed by atoms with van der Waals surface area (Å²) >= 11 is 6.69. The van der Waals surface area contributed by atoms with Crippen molar-refractivity contribution in [3.63, 3.8) is 0 Å². The summed E-state index contributed by atoms with van der Waals surface area (Å²) in [6.07, 6.45) is -0.973. The maximum absolute atomic E-state index is 13.6. The maximum Gasteiger partial charge on any atom is 0.129 e. The van der Waals surface area contributed by atoms with Crippen molar-refractivity contribution in [2.75, 3.05) is 0 Å². The molecule has 0 aromatic heterocycles. The summed E-state index contributed by atoms with van der Waals surface area (Å²) in [4.78, 5) is 0. The van der Waals surface area contributed by atoms with Gasteiger partial charge in [-0.2, -0.15) is 0 Å². The number of benzene rings is 2. The Hall–Kier alpha value is -0.710. The first-order chi connectivity index (χ1) is 8.09. The van der Waals surface area contributed by atoms with Gasteiger partial charge in [-0.1, -0.05) is 56.1 Å². The van der Waals surface area contributed by atoms with Gasteiger partial charge in [0.25, 0.3) is 0 Å². The van der Waals surface area contributed by atoms with E-state index in [4.69, 9.17) is 0 Å². The zero-order valence-corrected chi connectivity index (χ0v) is 11.9. The van der Waals surface area contributed by atoms with Crippen molar-refractivity contribution in [1.29, 1.82) is 0 Å². The van der Waals surface area contributed by atoms with E-state index in [1.165, 1.54) is 6.07 Å². The third-order valence-electron chi connectivity index (χ3n) is 2.46. The number of aliphatic hydroxyl groups is 1. The van der Waals surface area contributed by atoms with Gasteiger partial charge in [-0.25, -0.2) is 4.39 Å². The Kier molecular flexibility index (Phi) is 3.97. The van der Waals surface area contributed by atoms with Crippen LogP contribution in [0, 0.1) is 5.82 Å². The van der Waals surface area contributed by atoms with Gasteiger partial charge in [-0.3, -0.25) is 0 Å². The van der Waals surface area contributed by atoms with Crippen molar-refractivity contribution < 1.29 is 9.50 Å². The van der Waals surface area contributed by atoms with Crippen molar-refractivity contribution in [3.05, 3.63) is 68.4 Å². The Balaban J connectivity index is 2.44. The molecule has 1 N–H and O–H groups in total. The lowest BCUT2D eigenvalue weighted by Gasteiger charge is -2.14. The molecule has 0 heterocycles. The Labute approximate surface area is 116 Å². The molecule has 2 rings (SSSR count). The van der Waals surface area contributed by atoms with Crippen molar-refractivity contribution in [1.82, 2.24) is 0 Å². The molecule has 1 unspecified atom stereocenters. The number of halogens is 3. The molecule has 0 fully saturated rings. The monoisotopic (exact) mass is 358 g/mol. The number of hydrogen-bond acceptors (Lipinski definition) is 1. The highest BCUT2D eigenvalue weighted by atomic mass is 79.9. The number of rotatable bonds is 2. The molecule has 0 spiro atoms. The summed E-state index contributed by atoms with van der Waals surface area (Å²) in [6, 6.07) is 11.6. The van der Waals surface area contributed by atoms with Crippen molar-refractivity contribution >= 4 is 31.9 Å². The first-order valence-corrected chi connectivity index (χ1v) is 6.55. The predicted octanol–water partition coefficient (Wildman–Crippen LogP) is 4.43. The second-order valence-corrected chi connectivity index (χ2v) is 5.36. The van der Waals surface area contributed by atoms with Crippen LogP contribution in [-0.2, 0) is 0 Å². The fraction of sp³-hybridized carbons (Fsp3) is 0.0769. The molecule has 17 heavy (non-hydrogen) atoms. The summed E-state index contributed by atoms with van der Waals surface area (Å²) in [5, 5.41) is 10.2. The first-order valence-electron chi connectivity index (χ1n) is 4.97. The molecule has 2 aromatic carbocycles. The number of aliphatic hydroxyl groups excluding tert-OH is 1. The van der Waals surface area contributed by atoms with Gasteiger partial charge < -0.3 is 5.11 Å². The Morgan fingerprint density at radius 2 is 1.71 bits per heavy atom. The summed E-state index contributed by atoms with van der Waals surface area (Å²) in [5.74, 6) is -0.408. The van der Waals surface area contributed by atoms with Crippen LogP contribution < -0.4 is 0 Å². The molecule has 0 radical (unpaired) electrons. The second-order valence-electron chi connectivity index (χ2n) is 3.59. The summed E-state index contributed by atoms with van der Waals surface area (Å²) in [7, 11) is 0. The molecule has 4 heteroatoms. The Morgan fingerprint density at radius 3 is 2.35 bits per heavy atom. The van der Waals surface area contributed by atoms with Crippen LogP contribution in [0.2, 0.25) is 0 Å². The quantitative estimate of drug-likeness (QED) is 0.840. The molecule has 0 saturated carbocycles. The van der Waals surface area contributed by atoms with Crippen LogP contribution in [0.15, 0.2) is 51.4 Å². The highest BCUT2D eigenvalue weighted by Crippen LogP contribution is 2.31. The zero-order valence-electron chi connectivity index (χ0n) is 8.70. The SMILES string of the molecule is OC(c1ccccc1F)c1ccc(Br)cc1Br. The van der Waals surface area contributed by atoms with E-state index < -0.39 is 11.9 Å². The molecule has 88 valence electrons. The molecular weight excluding hydrogens is 351 g/mol. The largest absolute Gasteiger partial charge is 0.384 e. The van der Waals surface area contributed by atoms with Crippen LogP contribution in [0.25, 0.3) is 0 Å². The van der Waals surface area contributed by atoms with Crippen LogP contribution >= 0.6 is 31.9 Å². The lowest BCUT2D eigenvalue weighted by Crippen LogP contribution is -2.03. The third kappa shape index (κ3) is 2.76. The number of hydrogen-bond donors (Lipinski definition) is 1. The lowest BCUT2D eigenvalue weighted by molar-refractivity contribution is 0.214. The van der Waals surface area contributed by atoms with Crippen molar-refractivity contribution in [2.24, 2.45) is 0 Å².